The van der Waals surface area contributed by atoms with Crippen LogP contribution in [0.25, 0.3) is 0 Å². The van der Waals surface area contributed by atoms with E-state index >= 15 is 0 Å². The Kier molecular flexibility index (Phi) is 5.48. The van der Waals surface area contributed by atoms with Crippen LogP contribution < -0.4 is 9.47 Å². The molecule has 1 rings (SSSR count). The highest BCUT2D eigenvalue weighted by Crippen LogP contribution is 2.35. The van der Waals surface area contributed by atoms with E-state index in [2.05, 4.69) is 0 Å². The Morgan fingerprint density at radius 2 is 1.95 bits per heavy atom. The van der Waals surface area contributed by atoms with E-state index in [1.165, 1.54) is 0 Å². The van der Waals surface area contributed by atoms with Gasteiger partial charge in [0.15, 0.2) is 11.5 Å². The Morgan fingerprint density at radius 3 is 2.42 bits per heavy atom. The summed E-state index contributed by atoms with van der Waals surface area (Å²) < 4.78 is 10.9. The first kappa shape index (κ1) is 15.6. The molecule has 0 heterocycles. The maximum absolute atomic E-state index is 10.9. The first-order valence-electron chi connectivity index (χ1n) is 6.11. The van der Waals surface area contributed by atoms with Gasteiger partial charge in [0.05, 0.1) is 19.1 Å². The third-order valence-electron chi connectivity index (χ3n) is 2.64. The summed E-state index contributed by atoms with van der Waals surface area (Å²) in [6.07, 6.45) is 0.362. The summed E-state index contributed by atoms with van der Waals surface area (Å²) in [5.74, 6) is -0.225. The van der Waals surface area contributed by atoms with Gasteiger partial charge in [-0.2, -0.15) is 0 Å². The van der Waals surface area contributed by atoms with Crippen LogP contribution in [0, 0.1) is 5.92 Å². The topological polar surface area (TPSA) is 55.8 Å². The zero-order valence-corrected chi connectivity index (χ0v) is 12.3. The average molecular weight is 287 g/mol. The third-order valence-corrected chi connectivity index (χ3v) is 2.99. The van der Waals surface area contributed by atoms with Gasteiger partial charge in [0.2, 0.25) is 0 Å². The van der Waals surface area contributed by atoms with Gasteiger partial charge >= 0.3 is 5.97 Å². The van der Waals surface area contributed by atoms with Gasteiger partial charge in [-0.05, 0) is 31.9 Å². The van der Waals surface area contributed by atoms with Crippen LogP contribution >= 0.6 is 11.6 Å². The zero-order valence-electron chi connectivity index (χ0n) is 11.6. The third kappa shape index (κ3) is 4.31. The van der Waals surface area contributed by atoms with Crippen molar-refractivity contribution in [3.63, 3.8) is 0 Å². The summed E-state index contributed by atoms with van der Waals surface area (Å²) in [7, 11) is 1.54. The number of hydrogen-bond acceptors (Lipinski definition) is 3. The fourth-order valence-electron chi connectivity index (χ4n) is 1.66. The molecular weight excluding hydrogens is 268 g/mol. The van der Waals surface area contributed by atoms with Gasteiger partial charge in [-0.1, -0.05) is 18.5 Å². The minimum Gasteiger partial charge on any atom is -0.493 e. The second-order valence-corrected chi connectivity index (χ2v) is 5.11. The number of methoxy groups -OCH3 is 1. The van der Waals surface area contributed by atoms with Crippen LogP contribution in [0.4, 0.5) is 0 Å². The summed E-state index contributed by atoms with van der Waals surface area (Å²) in [4.78, 5) is 10.9. The number of carboxylic acid groups (broad SMARTS) is 1. The van der Waals surface area contributed by atoms with Crippen LogP contribution in [-0.2, 0) is 11.2 Å². The number of carbonyl (C=O) groups is 1. The molecule has 106 valence electrons. The molecule has 0 aliphatic carbocycles. The van der Waals surface area contributed by atoms with Crippen LogP contribution in [0.5, 0.6) is 11.5 Å². The number of aliphatic carboxylic acids is 1. The van der Waals surface area contributed by atoms with E-state index in [1.807, 2.05) is 13.8 Å². The molecule has 0 spiro atoms. The van der Waals surface area contributed by atoms with E-state index in [4.69, 9.17) is 26.2 Å². The number of rotatable bonds is 6. The minimum atomic E-state index is -0.849. The van der Waals surface area contributed by atoms with Gasteiger partial charge in [0, 0.05) is 11.1 Å². The molecule has 4 nitrogen and oxygen atoms in total. The van der Waals surface area contributed by atoms with Crippen molar-refractivity contribution in [2.75, 3.05) is 7.11 Å². The molecule has 0 aliphatic rings. The van der Waals surface area contributed by atoms with Gasteiger partial charge in [-0.25, -0.2) is 0 Å². The van der Waals surface area contributed by atoms with Crippen molar-refractivity contribution in [3.8, 4) is 11.5 Å². The molecule has 1 atom stereocenters. The number of benzene rings is 1. The van der Waals surface area contributed by atoms with E-state index in [9.17, 15) is 4.79 Å². The standard InChI is InChI=1S/C14H19ClO4/c1-8(2)19-13-7-11(15)10(6-12(13)18-4)5-9(3)14(16)17/h6-9H,5H2,1-4H3,(H,16,17). The van der Waals surface area contributed by atoms with E-state index < -0.39 is 11.9 Å². The zero-order chi connectivity index (χ0) is 14.6. The molecule has 19 heavy (non-hydrogen) atoms. The summed E-state index contributed by atoms with van der Waals surface area (Å²) >= 11 is 6.16. The highest BCUT2D eigenvalue weighted by atomic mass is 35.5. The molecule has 0 saturated heterocycles. The van der Waals surface area contributed by atoms with Gasteiger partial charge in [0.25, 0.3) is 0 Å². The summed E-state index contributed by atoms with van der Waals surface area (Å²) in [6, 6.07) is 3.41. The molecule has 1 aromatic carbocycles. The molecule has 0 radical (unpaired) electrons. The second-order valence-electron chi connectivity index (χ2n) is 4.70. The van der Waals surface area contributed by atoms with Gasteiger partial charge in [0.1, 0.15) is 0 Å². The lowest BCUT2D eigenvalue weighted by Crippen LogP contribution is -2.13. The van der Waals surface area contributed by atoms with Crippen LogP contribution in [0.1, 0.15) is 26.3 Å². The summed E-state index contributed by atoms with van der Waals surface area (Å²) in [6.45, 7) is 5.46. The predicted molar refractivity (Wildman–Crippen MR) is 74.3 cm³/mol. The van der Waals surface area contributed by atoms with Crippen molar-refractivity contribution < 1.29 is 19.4 Å². The van der Waals surface area contributed by atoms with Crippen molar-refractivity contribution in [2.45, 2.75) is 33.3 Å². The number of halogens is 1. The van der Waals surface area contributed by atoms with E-state index in [0.29, 0.717) is 22.9 Å². The molecule has 0 saturated carbocycles. The van der Waals surface area contributed by atoms with Crippen LogP contribution in [0.3, 0.4) is 0 Å². The molecule has 1 N–H and O–H groups in total. The van der Waals surface area contributed by atoms with Crippen molar-refractivity contribution >= 4 is 17.6 Å². The molecular formula is C14H19ClO4. The molecule has 1 unspecified atom stereocenters. The second kappa shape index (κ2) is 6.66. The minimum absolute atomic E-state index is 0.00811. The lowest BCUT2D eigenvalue weighted by Gasteiger charge is -2.16. The number of ether oxygens (including phenoxy) is 2. The molecule has 0 amide bonds. The van der Waals surface area contributed by atoms with Crippen molar-refractivity contribution in [1.82, 2.24) is 0 Å². The van der Waals surface area contributed by atoms with E-state index in [1.54, 1.807) is 26.2 Å². The lowest BCUT2D eigenvalue weighted by molar-refractivity contribution is -0.141. The van der Waals surface area contributed by atoms with Crippen LogP contribution in [0.2, 0.25) is 5.02 Å². The van der Waals surface area contributed by atoms with Crippen LogP contribution in [0.15, 0.2) is 12.1 Å². The predicted octanol–water partition coefficient (Wildman–Crippen LogP) is 3.40. The Labute approximate surface area is 118 Å². The van der Waals surface area contributed by atoms with E-state index in [0.717, 1.165) is 5.56 Å². The summed E-state index contributed by atoms with van der Waals surface area (Å²) in [5.41, 5.74) is 0.740. The normalized spacial score (nSPS) is 12.3. The maximum Gasteiger partial charge on any atom is 0.306 e. The number of hydrogen-bond donors (Lipinski definition) is 1. The molecule has 0 fully saturated rings. The van der Waals surface area contributed by atoms with Crippen molar-refractivity contribution in [2.24, 2.45) is 5.92 Å². The van der Waals surface area contributed by atoms with E-state index in [-0.39, 0.29) is 6.10 Å². The highest BCUT2D eigenvalue weighted by Gasteiger charge is 2.17. The fourth-order valence-corrected chi connectivity index (χ4v) is 1.89. The van der Waals surface area contributed by atoms with Gasteiger partial charge in [-0.3, -0.25) is 4.79 Å². The Morgan fingerprint density at radius 1 is 1.32 bits per heavy atom. The van der Waals surface area contributed by atoms with Gasteiger partial charge in [-0.15, -0.1) is 0 Å². The largest absolute Gasteiger partial charge is 0.493 e. The van der Waals surface area contributed by atoms with Gasteiger partial charge < -0.3 is 14.6 Å². The molecule has 1 aromatic rings. The Bertz CT molecular complexity index is 457. The van der Waals surface area contributed by atoms with Crippen molar-refractivity contribution in [3.05, 3.63) is 22.7 Å². The average Bonchev–Trinajstić information content (AvgIpc) is 2.31. The smallest absolute Gasteiger partial charge is 0.306 e. The van der Waals surface area contributed by atoms with Crippen molar-refractivity contribution in [1.29, 1.82) is 0 Å². The SMILES string of the molecule is COc1cc(CC(C)C(=O)O)c(Cl)cc1OC(C)C. The highest BCUT2D eigenvalue weighted by molar-refractivity contribution is 6.31. The monoisotopic (exact) mass is 286 g/mol. The molecule has 0 aliphatic heterocycles. The quantitative estimate of drug-likeness (QED) is 0.871. The summed E-state index contributed by atoms with van der Waals surface area (Å²) in [5, 5.41) is 9.43. The van der Waals surface area contributed by atoms with Crippen LogP contribution in [-0.4, -0.2) is 24.3 Å². The first-order valence-corrected chi connectivity index (χ1v) is 6.48. The number of carboxylic acids is 1. The first-order chi connectivity index (χ1) is 8.85. The Hall–Kier alpha value is -1.42. The maximum atomic E-state index is 10.9. The molecule has 0 bridgehead atoms. The fraction of sp³-hybridized carbons (Fsp3) is 0.500. The molecule has 0 aromatic heterocycles. The lowest BCUT2D eigenvalue weighted by atomic mass is 10.0. The molecule has 5 heteroatoms. The Balaban J connectivity index is 3.05.